The maximum atomic E-state index is 9.03. The van der Waals surface area contributed by atoms with Gasteiger partial charge in [0.2, 0.25) is 0 Å². The van der Waals surface area contributed by atoms with Gasteiger partial charge in [0.1, 0.15) is 0 Å². The number of hydrogen-bond acceptors (Lipinski definition) is 4. The number of thiazole rings is 1. The van der Waals surface area contributed by atoms with Gasteiger partial charge in [0, 0.05) is 31.0 Å². The molecule has 2 aromatic rings. The van der Waals surface area contributed by atoms with E-state index in [0.717, 1.165) is 32.2 Å². The molecule has 0 aliphatic carbocycles. The molecule has 124 valence electrons. The van der Waals surface area contributed by atoms with Crippen molar-refractivity contribution < 1.29 is 5.11 Å². The minimum atomic E-state index is 0.310. The summed E-state index contributed by atoms with van der Waals surface area (Å²) in [4.78, 5) is 7.38. The summed E-state index contributed by atoms with van der Waals surface area (Å²) in [5.74, 6) is 0. The van der Waals surface area contributed by atoms with E-state index < -0.39 is 0 Å². The van der Waals surface area contributed by atoms with Crippen molar-refractivity contribution in [3.8, 4) is 0 Å². The van der Waals surface area contributed by atoms with Gasteiger partial charge in [-0.25, -0.2) is 4.98 Å². The van der Waals surface area contributed by atoms with Gasteiger partial charge in [-0.05, 0) is 44.2 Å². The molecular formula is C19H26N2OS. The van der Waals surface area contributed by atoms with Crippen LogP contribution < -0.4 is 0 Å². The first-order valence-electron chi connectivity index (χ1n) is 8.67. The van der Waals surface area contributed by atoms with Gasteiger partial charge < -0.3 is 5.11 Å². The van der Waals surface area contributed by atoms with Crippen LogP contribution in [0.2, 0.25) is 0 Å². The highest BCUT2D eigenvalue weighted by Crippen LogP contribution is 2.24. The Hall–Kier alpha value is -1.23. The van der Waals surface area contributed by atoms with Crippen LogP contribution in [0.1, 0.15) is 41.9 Å². The third kappa shape index (κ3) is 4.87. The van der Waals surface area contributed by atoms with E-state index in [1.165, 1.54) is 35.7 Å². The Labute approximate surface area is 143 Å². The molecule has 1 aromatic heterocycles. The predicted molar refractivity (Wildman–Crippen MR) is 95.7 cm³/mol. The zero-order valence-corrected chi connectivity index (χ0v) is 14.5. The topological polar surface area (TPSA) is 36.4 Å². The first-order chi connectivity index (χ1) is 11.3. The molecule has 23 heavy (non-hydrogen) atoms. The van der Waals surface area contributed by atoms with Gasteiger partial charge in [-0.2, -0.15) is 0 Å². The first kappa shape index (κ1) is 16.6. The van der Waals surface area contributed by atoms with E-state index in [9.17, 15) is 0 Å². The molecule has 0 amide bonds. The van der Waals surface area contributed by atoms with Gasteiger partial charge in [-0.15, -0.1) is 11.3 Å². The van der Waals surface area contributed by atoms with Gasteiger partial charge in [0.25, 0.3) is 0 Å². The Morgan fingerprint density at radius 2 is 2.09 bits per heavy atom. The number of hydrogen-bond donors (Lipinski definition) is 1. The maximum Gasteiger partial charge on any atom is 0.0932 e. The number of likely N-dealkylation sites (tertiary alicyclic amines) is 1. The van der Waals surface area contributed by atoms with Crippen molar-refractivity contribution in [1.29, 1.82) is 0 Å². The fourth-order valence-electron chi connectivity index (χ4n) is 3.40. The van der Waals surface area contributed by atoms with E-state index in [0.29, 0.717) is 12.6 Å². The average molecular weight is 330 g/mol. The number of aryl methyl sites for hydroxylation is 2. The van der Waals surface area contributed by atoms with Crippen LogP contribution in [0.4, 0.5) is 0 Å². The summed E-state index contributed by atoms with van der Waals surface area (Å²) >= 11 is 1.79. The molecule has 3 nitrogen and oxygen atoms in total. The van der Waals surface area contributed by atoms with Gasteiger partial charge in [0.05, 0.1) is 10.7 Å². The summed E-state index contributed by atoms with van der Waals surface area (Å²) in [5, 5.41) is 12.5. The Morgan fingerprint density at radius 1 is 1.22 bits per heavy atom. The van der Waals surface area contributed by atoms with Crippen molar-refractivity contribution in [3.63, 3.8) is 0 Å². The highest BCUT2D eigenvalue weighted by molar-refractivity contribution is 7.09. The molecule has 1 aromatic carbocycles. The fraction of sp³-hybridized carbons (Fsp3) is 0.526. The highest BCUT2D eigenvalue weighted by Gasteiger charge is 2.24. The molecule has 1 aliphatic heterocycles. The quantitative estimate of drug-likeness (QED) is 0.802. The molecule has 0 radical (unpaired) electrons. The summed E-state index contributed by atoms with van der Waals surface area (Å²) in [7, 11) is 0. The van der Waals surface area contributed by atoms with Gasteiger partial charge in [-0.1, -0.05) is 30.3 Å². The van der Waals surface area contributed by atoms with Crippen LogP contribution in [-0.4, -0.2) is 34.2 Å². The minimum Gasteiger partial charge on any atom is -0.396 e. The monoisotopic (exact) mass is 330 g/mol. The van der Waals surface area contributed by atoms with Crippen molar-refractivity contribution >= 4 is 11.3 Å². The SMILES string of the molecule is OCCCC1CCCN1Cc1csc(CCc2ccccc2)n1. The lowest BCUT2D eigenvalue weighted by atomic mass is 10.1. The zero-order valence-electron chi connectivity index (χ0n) is 13.7. The van der Waals surface area contributed by atoms with Gasteiger partial charge in [0.15, 0.2) is 0 Å². The molecule has 0 spiro atoms. The van der Waals surface area contributed by atoms with E-state index in [1.807, 2.05) is 0 Å². The molecule has 0 bridgehead atoms. The Morgan fingerprint density at radius 3 is 2.91 bits per heavy atom. The molecule has 1 unspecified atom stereocenters. The van der Waals surface area contributed by atoms with Crippen LogP contribution in [0.5, 0.6) is 0 Å². The average Bonchev–Trinajstić information content (AvgIpc) is 3.22. The second-order valence-electron chi connectivity index (χ2n) is 6.35. The van der Waals surface area contributed by atoms with Crippen LogP contribution in [0, 0.1) is 0 Å². The maximum absolute atomic E-state index is 9.03. The highest BCUT2D eigenvalue weighted by atomic mass is 32.1. The number of aromatic nitrogens is 1. The third-order valence-corrected chi connectivity index (χ3v) is 5.59. The molecule has 1 atom stereocenters. The van der Waals surface area contributed by atoms with Crippen molar-refractivity contribution in [2.24, 2.45) is 0 Å². The number of nitrogens with zero attached hydrogens (tertiary/aromatic N) is 2. The summed E-state index contributed by atoms with van der Waals surface area (Å²) in [6, 6.07) is 11.3. The van der Waals surface area contributed by atoms with Crippen molar-refractivity contribution in [1.82, 2.24) is 9.88 Å². The molecular weight excluding hydrogens is 304 g/mol. The first-order valence-corrected chi connectivity index (χ1v) is 9.55. The van der Waals surface area contributed by atoms with E-state index >= 15 is 0 Å². The lowest BCUT2D eigenvalue weighted by molar-refractivity contribution is 0.208. The van der Waals surface area contributed by atoms with E-state index in [1.54, 1.807) is 11.3 Å². The zero-order chi connectivity index (χ0) is 15.9. The summed E-state index contributed by atoms with van der Waals surface area (Å²) in [5.41, 5.74) is 2.60. The molecule has 4 heteroatoms. The predicted octanol–water partition coefficient (Wildman–Crippen LogP) is 3.67. The van der Waals surface area contributed by atoms with E-state index in [4.69, 9.17) is 10.1 Å². The number of aliphatic hydroxyl groups excluding tert-OH is 1. The number of rotatable bonds is 8. The van der Waals surface area contributed by atoms with Crippen molar-refractivity contribution in [2.45, 2.75) is 51.1 Å². The second-order valence-corrected chi connectivity index (χ2v) is 7.29. The van der Waals surface area contributed by atoms with Gasteiger partial charge in [-0.3, -0.25) is 4.90 Å². The van der Waals surface area contributed by atoms with E-state index in [2.05, 4.69) is 40.6 Å². The molecule has 1 N–H and O–H groups in total. The Kier molecular flexibility index (Phi) is 6.20. The molecule has 1 fully saturated rings. The van der Waals surface area contributed by atoms with Crippen molar-refractivity contribution in [2.75, 3.05) is 13.2 Å². The third-order valence-electron chi connectivity index (χ3n) is 4.63. The summed E-state index contributed by atoms with van der Waals surface area (Å²) < 4.78 is 0. The normalized spacial score (nSPS) is 18.6. The summed E-state index contributed by atoms with van der Waals surface area (Å²) in [6.45, 7) is 2.45. The standard InChI is InChI=1S/C19H26N2OS/c22-13-5-9-18-8-4-12-21(18)14-17-15-23-19(20-17)11-10-16-6-2-1-3-7-16/h1-3,6-7,15,18,22H,4-5,8-14H2. The number of aliphatic hydroxyl groups is 1. The molecule has 1 aliphatic rings. The Balaban J connectivity index is 1.50. The second kappa shape index (κ2) is 8.57. The van der Waals surface area contributed by atoms with Crippen LogP contribution in [0.15, 0.2) is 35.7 Å². The smallest absolute Gasteiger partial charge is 0.0932 e. The largest absolute Gasteiger partial charge is 0.396 e. The van der Waals surface area contributed by atoms with Crippen molar-refractivity contribution in [3.05, 3.63) is 52.0 Å². The Bertz CT molecular complexity index is 584. The van der Waals surface area contributed by atoms with Crippen LogP contribution in [0.3, 0.4) is 0 Å². The van der Waals surface area contributed by atoms with Crippen LogP contribution in [0.25, 0.3) is 0 Å². The molecule has 0 saturated carbocycles. The molecule has 3 rings (SSSR count). The fourth-order valence-corrected chi connectivity index (χ4v) is 4.19. The lowest BCUT2D eigenvalue weighted by Crippen LogP contribution is -2.29. The summed E-state index contributed by atoms with van der Waals surface area (Å²) in [6.07, 6.45) is 6.67. The number of benzene rings is 1. The minimum absolute atomic E-state index is 0.310. The molecule has 1 saturated heterocycles. The lowest BCUT2D eigenvalue weighted by Gasteiger charge is -2.23. The molecule has 2 heterocycles. The van der Waals surface area contributed by atoms with Crippen LogP contribution in [-0.2, 0) is 19.4 Å². The van der Waals surface area contributed by atoms with E-state index in [-0.39, 0.29) is 0 Å². The van der Waals surface area contributed by atoms with Crippen LogP contribution >= 0.6 is 11.3 Å². The van der Waals surface area contributed by atoms with Gasteiger partial charge >= 0.3 is 0 Å².